The van der Waals surface area contributed by atoms with Crippen LogP contribution in [0.5, 0.6) is 5.75 Å². The summed E-state index contributed by atoms with van der Waals surface area (Å²) in [5.74, 6) is 0.805. The minimum Gasteiger partial charge on any atom is -0.489 e. The van der Waals surface area contributed by atoms with Crippen molar-refractivity contribution in [1.82, 2.24) is 0 Å². The monoisotopic (exact) mass is 346 g/mol. The number of carbonyl (C=O) groups is 1. The van der Waals surface area contributed by atoms with Crippen LogP contribution in [0.3, 0.4) is 0 Å². The molecule has 4 nitrogen and oxygen atoms in total. The summed E-state index contributed by atoms with van der Waals surface area (Å²) in [4.78, 5) is 12.3. The average Bonchev–Trinajstić information content (AvgIpc) is 2.57. The second-order valence-electron chi connectivity index (χ2n) is 5.60. The molecule has 24 heavy (non-hydrogen) atoms. The number of carbonyl (C=O) groups excluding carboxylic acids is 1. The normalized spacial score (nSPS) is 10.5. The first-order valence-electron chi connectivity index (χ1n) is 7.64. The minimum atomic E-state index is -0.395. The minimum absolute atomic E-state index is 0.111. The van der Waals surface area contributed by atoms with Gasteiger partial charge in [-0.15, -0.1) is 0 Å². The lowest BCUT2D eigenvalue weighted by Crippen LogP contribution is -2.05. The molecule has 0 aromatic heterocycles. The molecule has 0 aliphatic carbocycles. The molecule has 1 N–H and O–H groups in total. The summed E-state index contributed by atoms with van der Waals surface area (Å²) in [5.41, 5.74) is 4.98. The van der Waals surface area contributed by atoms with E-state index in [0.29, 0.717) is 0 Å². The van der Waals surface area contributed by atoms with Gasteiger partial charge in [-0.3, -0.25) is 0 Å². The molecule has 5 heteroatoms. The van der Waals surface area contributed by atoms with E-state index in [4.69, 9.17) is 9.47 Å². The first kappa shape index (κ1) is 18.4. The van der Waals surface area contributed by atoms with E-state index < -0.39 is 5.30 Å². The molecule has 128 valence electrons. The van der Waals surface area contributed by atoms with Crippen LogP contribution in [0.25, 0.3) is 0 Å². The number of aliphatic hydroxyl groups is 1. The molecule has 0 fully saturated rings. The fourth-order valence-corrected chi connectivity index (χ4v) is 3.11. The molecule has 0 atom stereocenters. The summed E-state index contributed by atoms with van der Waals surface area (Å²) >= 11 is 0.992. The molecule has 0 radical (unpaired) electrons. The molecule has 0 saturated carbocycles. The van der Waals surface area contributed by atoms with Crippen molar-refractivity contribution >= 4 is 17.1 Å². The molecular formula is C19H22O4S. The second-order valence-corrected chi connectivity index (χ2v) is 6.58. The van der Waals surface area contributed by atoms with Gasteiger partial charge >= 0.3 is 5.30 Å². The van der Waals surface area contributed by atoms with E-state index in [2.05, 4.69) is 13.0 Å². The zero-order chi connectivity index (χ0) is 17.7. The first-order valence-corrected chi connectivity index (χ1v) is 8.46. The number of thioether (sulfide) groups is 1. The van der Waals surface area contributed by atoms with Crippen LogP contribution in [0.2, 0.25) is 0 Å². The fraction of sp³-hybridized carbons (Fsp3) is 0.316. The van der Waals surface area contributed by atoms with Crippen molar-refractivity contribution in [1.29, 1.82) is 0 Å². The van der Waals surface area contributed by atoms with Crippen molar-refractivity contribution in [2.45, 2.75) is 38.9 Å². The SMILES string of the molecule is COC(=O)Sc1cccc(CO)c1COc1cc(C)c(C)cc1C. The Balaban J connectivity index is 2.28. The van der Waals surface area contributed by atoms with Crippen LogP contribution >= 0.6 is 11.8 Å². The zero-order valence-electron chi connectivity index (χ0n) is 14.4. The number of hydrogen-bond acceptors (Lipinski definition) is 5. The zero-order valence-corrected chi connectivity index (χ0v) is 15.2. The predicted molar refractivity (Wildman–Crippen MR) is 95.6 cm³/mol. The molecule has 2 rings (SSSR count). The average molecular weight is 346 g/mol. The van der Waals surface area contributed by atoms with Gasteiger partial charge in [0.05, 0.1) is 13.7 Å². The van der Waals surface area contributed by atoms with Crippen molar-refractivity contribution in [2.24, 2.45) is 0 Å². The van der Waals surface area contributed by atoms with Crippen LogP contribution in [0.15, 0.2) is 35.2 Å². The van der Waals surface area contributed by atoms with Crippen LogP contribution in [-0.2, 0) is 18.0 Å². The summed E-state index contributed by atoms with van der Waals surface area (Å²) in [7, 11) is 1.35. The smallest absolute Gasteiger partial charge is 0.371 e. The van der Waals surface area contributed by atoms with Crippen molar-refractivity contribution < 1.29 is 19.4 Å². The highest BCUT2D eigenvalue weighted by Gasteiger charge is 2.14. The van der Waals surface area contributed by atoms with Gasteiger partial charge in [-0.2, -0.15) is 0 Å². The van der Waals surface area contributed by atoms with E-state index >= 15 is 0 Å². The van der Waals surface area contributed by atoms with Crippen molar-refractivity contribution in [3.8, 4) is 5.75 Å². The molecule has 0 amide bonds. The maximum absolute atomic E-state index is 11.6. The highest BCUT2D eigenvalue weighted by molar-refractivity contribution is 8.13. The van der Waals surface area contributed by atoms with E-state index in [-0.39, 0.29) is 13.2 Å². The predicted octanol–water partition coefficient (Wildman–Crippen LogP) is 4.54. The number of aliphatic hydroxyl groups excluding tert-OH is 1. The van der Waals surface area contributed by atoms with Crippen LogP contribution in [0, 0.1) is 20.8 Å². The lowest BCUT2D eigenvalue weighted by Gasteiger charge is -2.16. The van der Waals surface area contributed by atoms with E-state index in [1.165, 1.54) is 12.7 Å². The Labute approximate surface area is 146 Å². The summed E-state index contributed by atoms with van der Waals surface area (Å²) < 4.78 is 10.7. The van der Waals surface area contributed by atoms with Crippen molar-refractivity contribution in [3.63, 3.8) is 0 Å². The van der Waals surface area contributed by atoms with Gasteiger partial charge in [-0.1, -0.05) is 18.2 Å². The Hall–Kier alpha value is -1.98. The second kappa shape index (κ2) is 8.22. The lowest BCUT2D eigenvalue weighted by molar-refractivity contribution is 0.200. The largest absolute Gasteiger partial charge is 0.489 e. The Morgan fingerprint density at radius 1 is 1.12 bits per heavy atom. The van der Waals surface area contributed by atoms with Gasteiger partial charge in [-0.25, -0.2) is 4.79 Å². The molecule has 2 aromatic rings. The number of methoxy groups -OCH3 is 1. The molecule has 0 aliphatic rings. The number of ether oxygens (including phenoxy) is 2. The Kier molecular flexibility index (Phi) is 6.29. The molecule has 0 saturated heterocycles. The summed E-state index contributed by atoms with van der Waals surface area (Å²) in [6.07, 6.45) is 0. The molecular weight excluding hydrogens is 324 g/mol. The van der Waals surface area contributed by atoms with Gasteiger partial charge in [-0.05, 0) is 66.9 Å². The van der Waals surface area contributed by atoms with Crippen molar-refractivity contribution in [2.75, 3.05) is 7.11 Å². The quantitative estimate of drug-likeness (QED) is 0.636. The Morgan fingerprint density at radius 3 is 2.50 bits per heavy atom. The number of benzene rings is 2. The van der Waals surface area contributed by atoms with Crippen LogP contribution in [0.4, 0.5) is 4.79 Å². The molecule has 0 heterocycles. The molecule has 2 aromatic carbocycles. The van der Waals surface area contributed by atoms with Gasteiger partial charge in [0.25, 0.3) is 0 Å². The molecule has 0 spiro atoms. The van der Waals surface area contributed by atoms with Gasteiger partial charge in [0.2, 0.25) is 0 Å². The fourth-order valence-electron chi connectivity index (χ4n) is 2.39. The molecule has 0 aliphatic heterocycles. The van der Waals surface area contributed by atoms with Gasteiger partial charge in [0.15, 0.2) is 0 Å². The summed E-state index contributed by atoms with van der Waals surface area (Å²) in [6.45, 7) is 6.28. The van der Waals surface area contributed by atoms with Gasteiger partial charge in [0, 0.05) is 10.5 Å². The first-order chi connectivity index (χ1) is 11.5. The maximum Gasteiger partial charge on any atom is 0.371 e. The van der Waals surface area contributed by atoms with E-state index in [1.807, 2.05) is 38.1 Å². The Morgan fingerprint density at radius 2 is 1.83 bits per heavy atom. The van der Waals surface area contributed by atoms with Crippen LogP contribution in [0.1, 0.15) is 27.8 Å². The van der Waals surface area contributed by atoms with E-state index in [9.17, 15) is 9.90 Å². The number of aryl methyl sites for hydroxylation is 3. The number of hydrogen-bond donors (Lipinski definition) is 1. The third-order valence-electron chi connectivity index (χ3n) is 3.92. The van der Waals surface area contributed by atoms with E-state index in [0.717, 1.165) is 44.7 Å². The third-order valence-corrected chi connectivity index (χ3v) is 4.86. The lowest BCUT2D eigenvalue weighted by atomic mass is 10.1. The number of rotatable bonds is 5. The summed E-state index contributed by atoms with van der Waals surface area (Å²) in [5, 5.41) is 9.19. The topological polar surface area (TPSA) is 55.8 Å². The van der Waals surface area contributed by atoms with Crippen LogP contribution < -0.4 is 4.74 Å². The standard InChI is InChI=1S/C19H22O4S/c1-12-8-14(3)17(9-13(12)2)23-11-16-15(10-20)6-5-7-18(16)24-19(21)22-4/h5-9,20H,10-11H2,1-4H3. The van der Waals surface area contributed by atoms with Crippen LogP contribution in [-0.4, -0.2) is 17.5 Å². The van der Waals surface area contributed by atoms with Crippen molar-refractivity contribution in [3.05, 3.63) is 58.1 Å². The maximum atomic E-state index is 11.6. The highest BCUT2D eigenvalue weighted by atomic mass is 32.2. The Bertz CT molecular complexity index is 740. The third kappa shape index (κ3) is 4.30. The molecule has 0 bridgehead atoms. The molecule has 0 unspecified atom stereocenters. The van der Waals surface area contributed by atoms with Gasteiger partial charge in [0.1, 0.15) is 12.4 Å². The van der Waals surface area contributed by atoms with Gasteiger partial charge < -0.3 is 14.6 Å². The highest BCUT2D eigenvalue weighted by Crippen LogP contribution is 2.30. The van der Waals surface area contributed by atoms with E-state index in [1.54, 1.807) is 0 Å². The summed E-state index contributed by atoms with van der Waals surface area (Å²) in [6, 6.07) is 9.56.